The number of hydrogen-bond acceptors (Lipinski definition) is 4. The van der Waals surface area contributed by atoms with E-state index in [0.29, 0.717) is 24.1 Å². The van der Waals surface area contributed by atoms with Crippen LogP contribution in [0.4, 0.5) is 0 Å². The van der Waals surface area contributed by atoms with Gasteiger partial charge in [-0.25, -0.2) is 0 Å². The highest BCUT2D eigenvalue weighted by atomic mass is 16.5. The summed E-state index contributed by atoms with van der Waals surface area (Å²) in [5, 5.41) is 0. The molecule has 0 saturated heterocycles. The van der Waals surface area contributed by atoms with Crippen molar-refractivity contribution in [3.63, 3.8) is 0 Å². The van der Waals surface area contributed by atoms with Crippen LogP contribution in [0, 0.1) is 6.92 Å². The summed E-state index contributed by atoms with van der Waals surface area (Å²) in [6.07, 6.45) is 0.704. The standard InChI is InChI=1S/C16H17NO4/c1-12-7-8-14(21-12)9-17(2)16(19)11-20-15-6-4-3-5-13(15)10-18/h3-8,10H,9,11H2,1-2H3. The molecule has 1 heterocycles. The number of para-hydroxylation sites is 1. The maximum Gasteiger partial charge on any atom is 0.260 e. The number of likely N-dealkylation sites (N-methyl/N-ethyl adjacent to an activating group) is 1. The summed E-state index contributed by atoms with van der Waals surface area (Å²) < 4.78 is 10.8. The van der Waals surface area contributed by atoms with E-state index in [1.54, 1.807) is 31.3 Å². The Labute approximate surface area is 123 Å². The lowest BCUT2D eigenvalue weighted by molar-refractivity contribution is -0.132. The predicted molar refractivity (Wildman–Crippen MR) is 77.2 cm³/mol. The lowest BCUT2D eigenvalue weighted by Crippen LogP contribution is -2.30. The molecule has 0 spiro atoms. The highest BCUT2D eigenvalue weighted by molar-refractivity contribution is 5.80. The fourth-order valence-corrected chi connectivity index (χ4v) is 1.85. The molecule has 0 atom stereocenters. The van der Waals surface area contributed by atoms with Gasteiger partial charge in [0.15, 0.2) is 12.9 Å². The first-order valence-corrected chi connectivity index (χ1v) is 6.56. The number of nitrogens with zero attached hydrogens (tertiary/aromatic N) is 1. The fraction of sp³-hybridized carbons (Fsp3) is 0.250. The zero-order valence-corrected chi connectivity index (χ0v) is 12.0. The van der Waals surface area contributed by atoms with Crippen molar-refractivity contribution in [3.05, 3.63) is 53.5 Å². The van der Waals surface area contributed by atoms with Gasteiger partial charge in [-0.05, 0) is 31.2 Å². The van der Waals surface area contributed by atoms with Crippen LogP contribution in [0.3, 0.4) is 0 Å². The third kappa shape index (κ3) is 3.95. The number of aldehydes is 1. The first kappa shape index (κ1) is 14.8. The predicted octanol–water partition coefficient (Wildman–Crippen LogP) is 2.44. The maximum atomic E-state index is 12.0. The Morgan fingerprint density at radius 1 is 1.29 bits per heavy atom. The first-order valence-electron chi connectivity index (χ1n) is 6.56. The number of ether oxygens (including phenoxy) is 1. The second-order valence-corrected chi connectivity index (χ2v) is 4.71. The van der Waals surface area contributed by atoms with Gasteiger partial charge in [0.05, 0.1) is 12.1 Å². The van der Waals surface area contributed by atoms with E-state index >= 15 is 0 Å². The van der Waals surface area contributed by atoms with Crippen molar-refractivity contribution in [2.45, 2.75) is 13.5 Å². The molecule has 0 aliphatic carbocycles. The monoisotopic (exact) mass is 287 g/mol. The Kier molecular flexibility index (Phi) is 4.77. The van der Waals surface area contributed by atoms with E-state index in [-0.39, 0.29) is 12.5 Å². The zero-order chi connectivity index (χ0) is 15.2. The number of hydrogen-bond donors (Lipinski definition) is 0. The Balaban J connectivity index is 1.90. The smallest absolute Gasteiger partial charge is 0.260 e. The molecule has 0 fully saturated rings. The van der Waals surface area contributed by atoms with Crippen molar-refractivity contribution >= 4 is 12.2 Å². The van der Waals surface area contributed by atoms with Crippen molar-refractivity contribution in [3.8, 4) is 5.75 Å². The van der Waals surface area contributed by atoms with Crippen LogP contribution in [0.15, 0.2) is 40.8 Å². The van der Waals surface area contributed by atoms with E-state index in [1.807, 2.05) is 19.1 Å². The molecule has 0 aliphatic heterocycles. The summed E-state index contributed by atoms with van der Waals surface area (Å²) >= 11 is 0. The number of rotatable bonds is 6. The van der Waals surface area contributed by atoms with Gasteiger partial charge in [-0.3, -0.25) is 9.59 Å². The maximum absolute atomic E-state index is 12.0. The molecular formula is C16H17NO4. The van der Waals surface area contributed by atoms with Gasteiger partial charge in [-0.2, -0.15) is 0 Å². The summed E-state index contributed by atoms with van der Waals surface area (Å²) in [5.41, 5.74) is 0.426. The van der Waals surface area contributed by atoms with E-state index in [0.717, 1.165) is 11.5 Å². The normalized spacial score (nSPS) is 10.2. The van der Waals surface area contributed by atoms with E-state index in [9.17, 15) is 9.59 Å². The average Bonchev–Trinajstić information content (AvgIpc) is 2.90. The Morgan fingerprint density at radius 3 is 2.71 bits per heavy atom. The summed E-state index contributed by atoms with van der Waals surface area (Å²) in [6, 6.07) is 10.5. The summed E-state index contributed by atoms with van der Waals surface area (Å²) in [6.45, 7) is 2.11. The highest BCUT2D eigenvalue weighted by Crippen LogP contribution is 2.16. The number of amides is 1. The SMILES string of the molecule is Cc1ccc(CN(C)C(=O)COc2ccccc2C=O)o1. The quantitative estimate of drug-likeness (QED) is 0.766. The summed E-state index contributed by atoms with van der Waals surface area (Å²) in [7, 11) is 1.68. The number of carbonyl (C=O) groups is 2. The Morgan fingerprint density at radius 2 is 2.05 bits per heavy atom. The van der Waals surface area contributed by atoms with Crippen LogP contribution in [0.5, 0.6) is 5.75 Å². The van der Waals surface area contributed by atoms with Gasteiger partial charge in [-0.15, -0.1) is 0 Å². The van der Waals surface area contributed by atoms with E-state index in [1.165, 1.54) is 4.90 Å². The number of benzene rings is 1. The van der Waals surface area contributed by atoms with Gasteiger partial charge in [0.1, 0.15) is 17.3 Å². The Bertz CT molecular complexity index is 633. The van der Waals surface area contributed by atoms with Gasteiger partial charge in [0.2, 0.25) is 0 Å². The second-order valence-electron chi connectivity index (χ2n) is 4.71. The molecule has 0 unspecified atom stereocenters. The van der Waals surface area contributed by atoms with Gasteiger partial charge < -0.3 is 14.1 Å². The van der Waals surface area contributed by atoms with Gasteiger partial charge in [0, 0.05) is 7.05 Å². The zero-order valence-electron chi connectivity index (χ0n) is 12.0. The molecule has 5 heteroatoms. The molecule has 5 nitrogen and oxygen atoms in total. The molecule has 0 radical (unpaired) electrons. The third-order valence-electron chi connectivity index (χ3n) is 3.01. The molecule has 110 valence electrons. The van der Waals surface area contributed by atoms with Crippen LogP contribution >= 0.6 is 0 Å². The first-order chi connectivity index (χ1) is 10.1. The molecule has 21 heavy (non-hydrogen) atoms. The summed E-state index contributed by atoms with van der Waals surface area (Å²) in [5.74, 6) is 1.74. The highest BCUT2D eigenvalue weighted by Gasteiger charge is 2.13. The topological polar surface area (TPSA) is 59.8 Å². The van der Waals surface area contributed by atoms with Crippen LogP contribution < -0.4 is 4.74 Å². The minimum Gasteiger partial charge on any atom is -0.483 e. The third-order valence-corrected chi connectivity index (χ3v) is 3.01. The molecule has 0 saturated carbocycles. The average molecular weight is 287 g/mol. The van der Waals surface area contributed by atoms with Crippen LogP contribution in [0.25, 0.3) is 0 Å². The van der Waals surface area contributed by atoms with E-state index in [2.05, 4.69) is 0 Å². The van der Waals surface area contributed by atoms with Crippen molar-refractivity contribution < 1.29 is 18.7 Å². The van der Waals surface area contributed by atoms with Crippen LogP contribution in [0.2, 0.25) is 0 Å². The molecular weight excluding hydrogens is 270 g/mol. The lowest BCUT2D eigenvalue weighted by Gasteiger charge is -2.16. The largest absolute Gasteiger partial charge is 0.483 e. The number of aryl methyl sites for hydroxylation is 1. The van der Waals surface area contributed by atoms with Crippen LogP contribution in [-0.2, 0) is 11.3 Å². The van der Waals surface area contributed by atoms with Gasteiger partial charge >= 0.3 is 0 Å². The molecule has 0 aliphatic rings. The Hall–Kier alpha value is -2.56. The molecule has 0 N–H and O–H groups in total. The second kappa shape index (κ2) is 6.74. The molecule has 2 rings (SSSR count). The molecule has 1 aromatic carbocycles. The minimum absolute atomic E-state index is 0.124. The molecule has 2 aromatic rings. The molecule has 1 amide bonds. The molecule has 0 bridgehead atoms. The van der Waals surface area contributed by atoms with Crippen LogP contribution in [-0.4, -0.2) is 30.7 Å². The van der Waals surface area contributed by atoms with Crippen LogP contribution in [0.1, 0.15) is 21.9 Å². The minimum atomic E-state index is -0.190. The number of carbonyl (C=O) groups excluding carboxylic acids is 2. The van der Waals surface area contributed by atoms with Crippen molar-refractivity contribution in [1.82, 2.24) is 4.90 Å². The fourth-order valence-electron chi connectivity index (χ4n) is 1.85. The van der Waals surface area contributed by atoms with Gasteiger partial charge in [0.25, 0.3) is 5.91 Å². The van der Waals surface area contributed by atoms with E-state index < -0.39 is 0 Å². The number of furan rings is 1. The van der Waals surface area contributed by atoms with Crippen molar-refractivity contribution in [1.29, 1.82) is 0 Å². The van der Waals surface area contributed by atoms with Crippen molar-refractivity contribution in [2.75, 3.05) is 13.7 Å². The lowest BCUT2D eigenvalue weighted by atomic mass is 10.2. The van der Waals surface area contributed by atoms with Gasteiger partial charge in [-0.1, -0.05) is 12.1 Å². The van der Waals surface area contributed by atoms with E-state index in [4.69, 9.17) is 9.15 Å². The van der Waals surface area contributed by atoms with Crippen molar-refractivity contribution in [2.24, 2.45) is 0 Å². The molecule has 1 aromatic heterocycles. The summed E-state index contributed by atoms with van der Waals surface area (Å²) in [4.78, 5) is 24.4.